The van der Waals surface area contributed by atoms with E-state index in [0.717, 1.165) is 13.1 Å². The van der Waals surface area contributed by atoms with Crippen molar-refractivity contribution < 1.29 is 9.53 Å². The number of nitrogens with one attached hydrogen (secondary N) is 1. The van der Waals surface area contributed by atoms with Gasteiger partial charge in [0.25, 0.3) is 0 Å². The summed E-state index contributed by atoms with van der Waals surface area (Å²) in [7, 11) is 1.88. The normalized spacial score (nSPS) is 26.5. The number of rotatable bonds is 4. The molecule has 0 radical (unpaired) electrons. The minimum Gasteiger partial charge on any atom is -0.379 e. The number of nitrogens with zero attached hydrogens (tertiary/aromatic N) is 1. The molecule has 1 rings (SSSR count). The van der Waals surface area contributed by atoms with Crippen molar-refractivity contribution in [3.63, 3.8) is 0 Å². The van der Waals surface area contributed by atoms with Crippen molar-refractivity contribution in [1.29, 1.82) is 0 Å². The molecule has 0 bridgehead atoms. The third kappa shape index (κ3) is 2.25. The fraction of sp³-hybridized carbons (Fsp3) is 0.900. The molecule has 0 spiro atoms. The number of hydrogen-bond donors (Lipinski definition) is 1. The van der Waals surface area contributed by atoms with E-state index in [1.165, 1.54) is 0 Å². The highest BCUT2D eigenvalue weighted by Crippen LogP contribution is 2.16. The Bertz CT molecular complexity index is 193. The maximum absolute atomic E-state index is 12.0. The molecule has 0 aromatic heterocycles. The molecule has 1 fully saturated rings. The van der Waals surface area contributed by atoms with Crippen LogP contribution < -0.4 is 5.32 Å². The van der Waals surface area contributed by atoms with E-state index in [4.69, 9.17) is 4.74 Å². The Labute approximate surface area is 85.6 Å². The summed E-state index contributed by atoms with van der Waals surface area (Å²) in [5.41, 5.74) is 0. The smallest absolute Gasteiger partial charge is 0.229 e. The van der Waals surface area contributed by atoms with E-state index in [2.05, 4.69) is 5.32 Å². The van der Waals surface area contributed by atoms with E-state index in [0.29, 0.717) is 13.2 Å². The average molecular weight is 200 g/mol. The number of carbonyl (C=O) groups excluding carboxylic acids is 1. The van der Waals surface area contributed by atoms with Gasteiger partial charge in [0.2, 0.25) is 5.91 Å². The maximum atomic E-state index is 12.0. The molecule has 82 valence electrons. The second-order valence-corrected chi connectivity index (χ2v) is 3.55. The largest absolute Gasteiger partial charge is 0.379 e. The molecule has 0 aromatic rings. The summed E-state index contributed by atoms with van der Waals surface area (Å²) in [6.45, 7) is 6.77. The molecule has 1 N–H and O–H groups in total. The third-order valence-electron chi connectivity index (χ3n) is 2.84. The molecule has 0 aromatic carbocycles. The Morgan fingerprint density at radius 1 is 1.43 bits per heavy atom. The van der Waals surface area contributed by atoms with Crippen molar-refractivity contribution in [2.24, 2.45) is 5.92 Å². The highest BCUT2D eigenvalue weighted by Gasteiger charge is 2.34. The van der Waals surface area contributed by atoms with Gasteiger partial charge in [0.15, 0.2) is 0 Å². The number of carbonyl (C=O) groups is 1. The van der Waals surface area contributed by atoms with Crippen LogP contribution in [0.5, 0.6) is 0 Å². The minimum absolute atomic E-state index is 0.0000926. The van der Waals surface area contributed by atoms with Crippen LogP contribution in [0.15, 0.2) is 0 Å². The van der Waals surface area contributed by atoms with E-state index in [-0.39, 0.29) is 17.9 Å². The Morgan fingerprint density at radius 2 is 2.07 bits per heavy atom. The molecule has 0 saturated carbocycles. The lowest BCUT2D eigenvalue weighted by Gasteiger charge is -2.24. The highest BCUT2D eigenvalue weighted by molar-refractivity contribution is 5.80. The molecule has 2 unspecified atom stereocenters. The first-order valence-electron chi connectivity index (χ1n) is 5.28. The van der Waals surface area contributed by atoms with Crippen LogP contribution in [0, 0.1) is 5.92 Å². The van der Waals surface area contributed by atoms with Crippen molar-refractivity contribution in [3.05, 3.63) is 0 Å². The van der Waals surface area contributed by atoms with Gasteiger partial charge in [-0.2, -0.15) is 0 Å². The van der Waals surface area contributed by atoms with E-state index in [1.807, 2.05) is 25.8 Å². The number of likely N-dealkylation sites (N-methyl/N-ethyl adjacent to an activating group) is 1. The van der Waals surface area contributed by atoms with Gasteiger partial charge in [-0.3, -0.25) is 4.79 Å². The number of hydrogen-bond acceptors (Lipinski definition) is 3. The fourth-order valence-electron chi connectivity index (χ4n) is 1.85. The maximum Gasteiger partial charge on any atom is 0.229 e. The average Bonchev–Trinajstić information content (AvgIpc) is 2.67. The molecule has 4 heteroatoms. The summed E-state index contributed by atoms with van der Waals surface area (Å²) < 4.78 is 5.31. The van der Waals surface area contributed by atoms with Crippen LogP contribution in [-0.4, -0.2) is 50.2 Å². The molecule has 1 aliphatic heterocycles. The van der Waals surface area contributed by atoms with Crippen LogP contribution in [0.25, 0.3) is 0 Å². The van der Waals surface area contributed by atoms with Crippen LogP contribution >= 0.6 is 0 Å². The van der Waals surface area contributed by atoms with Gasteiger partial charge in [-0.05, 0) is 20.9 Å². The van der Waals surface area contributed by atoms with Crippen molar-refractivity contribution in [3.8, 4) is 0 Å². The molecule has 4 nitrogen and oxygen atoms in total. The molecule has 14 heavy (non-hydrogen) atoms. The molecule has 0 aliphatic carbocycles. The van der Waals surface area contributed by atoms with E-state index in [1.54, 1.807) is 0 Å². The van der Waals surface area contributed by atoms with Crippen LogP contribution in [0.1, 0.15) is 13.8 Å². The number of amides is 1. The summed E-state index contributed by atoms with van der Waals surface area (Å²) in [5.74, 6) is 0.215. The van der Waals surface area contributed by atoms with Gasteiger partial charge in [-0.1, -0.05) is 0 Å². The second-order valence-electron chi connectivity index (χ2n) is 3.55. The predicted molar refractivity (Wildman–Crippen MR) is 55.1 cm³/mol. The minimum atomic E-state index is -0.0000926. The van der Waals surface area contributed by atoms with Crippen molar-refractivity contribution >= 4 is 5.91 Å². The monoisotopic (exact) mass is 200 g/mol. The quantitative estimate of drug-likeness (QED) is 0.699. The van der Waals surface area contributed by atoms with E-state index >= 15 is 0 Å². The van der Waals surface area contributed by atoms with Crippen molar-refractivity contribution in [1.82, 2.24) is 10.2 Å². The Morgan fingerprint density at radius 3 is 2.57 bits per heavy atom. The lowest BCUT2D eigenvalue weighted by molar-refractivity contribution is -0.135. The van der Waals surface area contributed by atoms with E-state index < -0.39 is 0 Å². The Balaban J connectivity index is 2.58. The molecular weight excluding hydrogens is 180 g/mol. The lowest BCUT2D eigenvalue weighted by atomic mass is 10.0. The molecule has 2 atom stereocenters. The Kier molecular flexibility index (Phi) is 4.35. The van der Waals surface area contributed by atoms with Gasteiger partial charge < -0.3 is 15.0 Å². The molecule has 1 aliphatic rings. The summed E-state index contributed by atoms with van der Waals surface area (Å²) in [6, 6.07) is 0.183. The number of ether oxygens (including phenoxy) is 1. The van der Waals surface area contributed by atoms with Crippen molar-refractivity contribution in [2.45, 2.75) is 19.9 Å². The fourth-order valence-corrected chi connectivity index (χ4v) is 1.85. The molecule has 1 heterocycles. The van der Waals surface area contributed by atoms with Crippen molar-refractivity contribution in [2.75, 3.05) is 33.4 Å². The third-order valence-corrected chi connectivity index (χ3v) is 2.84. The topological polar surface area (TPSA) is 41.6 Å². The lowest BCUT2D eigenvalue weighted by Crippen LogP contribution is -2.44. The zero-order valence-electron chi connectivity index (χ0n) is 9.25. The molecule has 1 amide bonds. The first-order valence-corrected chi connectivity index (χ1v) is 5.28. The van der Waals surface area contributed by atoms with Gasteiger partial charge in [0, 0.05) is 19.1 Å². The SMILES string of the molecule is CCN(CC)C(=O)C1COCC1NC. The first kappa shape index (κ1) is 11.5. The highest BCUT2D eigenvalue weighted by atomic mass is 16.5. The van der Waals surface area contributed by atoms with Crippen LogP contribution in [0.4, 0.5) is 0 Å². The van der Waals surface area contributed by atoms with Gasteiger partial charge in [0.05, 0.1) is 19.1 Å². The van der Waals surface area contributed by atoms with Gasteiger partial charge in [0.1, 0.15) is 0 Å². The first-order chi connectivity index (χ1) is 6.74. The van der Waals surface area contributed by atoms with Crippen LogP contribution in [-0.2, 0) is 9.53 Å². The molecular formula is C10H20N2O2. The van der Waals surface area contributed by atoms with E-state index in [9.17, 15) is 4.79 Å². The summed E-state index contributed by atoms with van der Waals surface area (Å²) in [6.07, 6.45) is 0. The van der Waals surface area contributed by atoms with Crippen LogP contribution in [0.2, 0.25) is 0 Å². The van der Waals surface area contributed by atoms with Gasteiger partial charge >= 0.3 is 0 Å². The zero-order chi connectivity index (χ0) is 10.6. The summed E-state index contributed by atoms with van der Waals surface area (Å²) in [4.78, 5) is 13.8. The summed E-state index contributed by atoms with van der Waals surface area (Å²) >= 11 is 0. The summed E-state index contributed by atoms with van der Waals surface area (Å²) in [5, 5.41) is 3.13. The van der Waals surface area contributed by atoms with Crippen LogP contribution in [0.3, 0.4) is 0 Å². The second kappa shape index (κ2) is 5.32. The zero-order valence-corrected chi connectivity index (χ0v) is 9.25. The van der Waals surface area contributed by atoms with Gasteiger partial charge in [-0.15, -0.1) is 0 Å². The predicted octanol–water partition coefficient (Wildman–Crippen LogP) is 0.0892. The Hall–Kier alpha value is -0.610. The standard InChI is InChI=1S/C10H20N2O2/c1-4-12(5-2)10(13)8-6-14-7-9(8)11-3/h8-9,11H,4-7H2,1-3H3. The molecule has 1 saturated heterocycles. The van der Waals surface area contributed by atoms with Gasteiger partial charge in [-0.25, -0.2) is 0 Å².